The van der Waals surface area contributed by atoms with Crippen LogP contribution >= 0.6 is 0 Å². The van der Waals surface area contributed by atoms with E-state index in [0.717, 1.165) is 25.6 Å². The van der Waals surface area contributed by atoms with Crippen LogP contribution in [-0.2, 0) is 12.3 Å². The van der Waals surface area contributed by atoms with Crippen molar-refractivity contribution < 1.29 is 12.3 Å². The van der Waals surface area contributed by atoms with Gasteiger partial charge < -0.3 is 23.4 Å². The predicted octanol–water partition coefficient (Wildman–Crippen LogP) is 3.59. The smallest absolute Gasteiger partial charge is 0.315 e. The van der Waals surface area contributed by atoms with Gasteiger partial charge in [0.15, 0.2) is 16.6 Å². The summed E-state index contributed by atoms with van der Waals surface area (Å²) in [6, 6.07) is 1.02. The predicted molar refractivity (Wildman–Crippen MR) is 117 cm³/mol. The van der Waals surface area contributed by atoms with Crippen LogP contribution in [-0.4, -0.2) is 54.1 Å². The molecule has 0 heterocycles. The summed E-state index contributed by atoms with van der Waals surface area (Å²) in [5, 5.41) is 3.35. The first-order valence-electron chi connectivity index (χ1n) is 9.33. The van der Waals surface area contributed by atoms with E-state index in [1.807, 2.05) is 13.8 Å². The van der Waals surface area contributed by atoms with Gasteiger partial charge in [-0.2, -0.15) is 0 Å². The highest BCUT2D eigenvalue weighted by atomic mass is 28.5. The molecule has 0 amide bonds. The molecule has 24 heavy (non-hydrogen) atoms. The Hall–Kier alpha value is 0.668. The summed E-state index contributed by atoms with van der Waals surface area (Å²) in [6.07, 6.45) is 1.07. The summed E-state index contributed by atoms with van der Waals surface area (Å²) >= 11 is 0. The molecule has 0 saturated carbocycles. The molecule has 0 aromatic heterocycles. The van der Waals surface area contributed by atoms with Crippen molar-refractivity contribution in [3.8, 4) is 0 Å². The Labute approximate surface area is 156 Å². The molecule has 0 aliphatic carbocycles. The Morgan fingerprint density at radius 2 is 1.42 bits per heavy atom. The number of nitrogens with two attached hydrogens (primary N) is 1. The third-order valence-electron chi connectivity index (χ3n) is 2.76. The molecule has 0 aromatic rings. The van der Waals surface area contributed by atoms with Crippen molar-refractivity contribution in [2.45, 2.75) is 78.7 Å². The second-order valence-electron chi connectivity index (χ2n) is 7.91. The van der Waals surface area contributed by atoms with Gasteiger partial charge in [-0.3, -0.25) is 0 Å². The van der Waals surface area contributed by atoms with Crippen LogP contribution in [0, 0.1) is 0 Å². The van der Waals surface area contributed by atoms with Gasteiger partial charge in [0.1, 0.15) is 0 Å². The van der Waals surface area contributed by atoms with E-state index in [1.165, 1.54) is 0 Å². The summed E-state index contributed by atoms with van der Waals surface area (Å²) < 4.78 is 19.1. The second kappa shape index (κ2) is 12.9. The van der Waals surface area contributed by atoms with Crippen LogP contribution in [0.3, 0.4) is 0 Å². The average Bonchev–Trinajstić information content (AvgIpc) is 2.35. The molecule has 0 aliphatic heterocycles. The van der Waals surface area contributed by atoms with E-state index in [4.69, 9.17) is 18.1 Å². The van der Waals surface area contributed by atoms with Gasteiger partial charge in [-0.25, -0.2) is 0 Å². The molecule has 0 saturated heterocycles. The quantitative estimate of drug-likeness (QED) is 0.379. The summed E-state index contributed by atoms with van der Waals surface area (Å²) in [5.74, 6) is 0. The number of nitrogens with one attached hydrogen (secondary N) is 1. The fourth-order valence-electron chi connectivity index (χ4n) is 2.42. The molecule has 0 fully saturated rings. The molecule has 0 spiro atoms. The number of hydrogen-bond acceptors (Lipinski definition) is 5. The van der Waals surface area contributed by atoms with Gasteiger partial charge in [-0.15, -0.1) is 0 Å². The molecule has 148 valence electrons. The van der Waals surface area contributed by atoms with Crippen molar-refractivity contribution >= 4 is 34.5 Å². The molecule has 3 N–H and O–H groups in total. The zero-order valence-electron chi connectivity index (χ0n) is 17.9. The highest BCUT2D eigenvalue weighted by Gasteiger charge is 2.38. The largest absolute Gasteiger partial charge is 0.439 e. The number of rotatable bonds is 12. The third kappa shape index (κ3) is 17.5. The lowest BCUT2D eigenvalue weighted by molar-refractivity contribution is 0.342. The lowest BCUT2D eigenvalue weighted by atomic mass is 10.5. The van der Waals surface area contributed by atoms with E-state index in [-0.39, 0.29) is 0 Å². The minimum absolute atomic E-state index is 0.685. The van der Waals surface area contributed by atoms with Gasteiger partial charge in [0, 0.05) is 13.1 Å². The summed E-state index contributed by atoms with van der Waals surface area (Å²) in [6.45, 7) is 24.2. The van der Waals surface area contributed by atoms with E-state index in [2.05, 4.69) is 57.7 Å². The van der Waals surface area contributed by atoms with Crippen molar-refractivity contribution in [2.75, 3.05) is 19.6 Å². The maximum absolute atomic E-state index is 6.49. The van der Waals surface area contributed by atoms with Crippen LogP contribution in [0.25, 0.3) is 0 Å². The monoisotopic (exact) mass is 412 g/mol. The maximum atomic E-state index is 6.49. The SMILES string of the molecule is CC.C[SiH](O[Si](C)(C)C)O[Si](C)(CCCNCCN)O[Si](C)(C)C. The van der Waals surface area contributed by atoms with Crippen molar-refractivity contribution in [2.24, 2.45) is 5.73 Å². The van der Waals surface area contributed by atoms with E-state index < -0.39 is 34.5 Å². The van der Waals surface area contributed by atoms with Crippen LogP contribution in [0.1, 0.15) is 20.3 Å². The standard InChI is InChI=1S/C13H38N2O3Si4.C2H6/c1-19(16-20(2,3)4)17-22(8,18-21(5,6)7)13-9-11-15-12-10-14;1-2/h15,19H,9-14H2,1-8H3;1-2H3. The molecule has 5 nitrogen and oxygen atoms in total. The highest BCUT2D eigenvalue weighted by Crippen LogP contribution is 2.23. The van der Waals surface area contributed by atoms with Crippen molar-refractivity contribution in [1.29, 1.82) is 0 Å². The fraction of sp³-hybridized carbons (Fsp3) is 1.00. The molecule has 0 rings (SSSR count). The maximum Gasteiger partial charge on any atom is 0.315 e. The first-order valence-corrected chi connectivity index (χ1v) is 20.8. The van der Waals surface area contributed by atoms with E-state index in [1.54, 1.807) is 0 Å². The highest BCUT2D eigenvalue weighted by molar-refractivity contribution is 6.85. The molecule has 2 atom stereocenters. The Balaban J connectivity index is 0. The molecule has 2 unspecified atom stereocenters. The minimum atomic E-state index is -2.16. The topological polar surface area (TPSA) is 65.7 Å². The average molecular weight is 413 g/mol. The zero-order chi connectivity index (χ0) is 19.4. The Kier molecular flexibility index (Phi) is 14.5. The second-order valence-corrected chi connectivity index (χ2v) is 23.0. The molecule has 9 heteroatoms. The van der Waals surface area contributed by atoms with Crippen LogP contribution in [0.5, 0.6) is 0 Å². The van der Waals surface area contributed by atoms with Gasteiger partial charge in [0.25, 0.3) is 9.28 Å². The first kappa shape index (κ1) is 26.9. The fourth-order valence-corrected chi connectivity index (χ4v) is 17.3. The zero-order valence-corrected chi connectivity index (χ0v) is 22.1. The van der Waals surface area contributed by atoms with E-state index in [0.29, 0.717) is 6.54 Å². The molecule has 0 aromatic carbocycles. The summed E-state index contributed by atoms with van der Waals surface area (Å²) in [7, 11) is -6.94. The normalized spacial score (nSPS) is 16.1. The minimum Gasteiger partial charge on any atom is -0.439 e. The molecule has 0 aliphatic rings. The van der Waals surface area contributed by atoms with Crippen LogP contribution in [0.15, 0.2) is 0 Å². The first-order chi connectivity index (χ1) is 10.9. The Bertz CT molecular complexity index is 312. The van der Waals surface area contributed by atoms with Crippen molar-refractivity contribution in [3.05, 3.63) is 0 Å². The lowest BCUT2D eigenvalue weighted by Gasteiger charge is -2.37. The molecule has 0 bridgehead atoms. The van der Waals surface area contributed by atoms with Crippen LogP contribution in [0.2, 0.25) is 58.4 Å². The van der Waals surface area contributed by atoms with E-state index >= 15 is 0 Å². The Morgan fingerprint density at radius 3 is 1.83 bits per heavy atom. The van der Waals surface area contributed by atoms with Gasteiger partial charge in [0.2, 0.25) is 0 Å². The molecular formula is C15H44N2O3Si4. The van der Waals surface area contributed by atoms with Crippen molar-refractivity contribution in [1.82, 2.24) is 5.32 Å². The van der Waals surface area contributed by atoms with Gasteiger partial charge in [-0.1, -0.05) is 13.8 Å². The molecule has 0 radical (unpaired) electrons. The summed E-state index contributed by atoms with van der Waals surface area (Å²) in [5.41, 5.74) is 5.50. The Morgan fingerprint density at radius 1 is 0.875 bits per heavy atom. The third-order valence-corrected chi connectivity index (χ3v) is 15.7. The molecular weight excluding hydrogens is 369 g/mol. The van der Waals surface area contributed by atoms with Crippen LogP contribution in [0.4, 0.5) is 0 Å². The summed E-state index contributed by atoms with van der Waals surface area (Å²) in [4.78, 5) is 0. The van der Waals surface area contributed by atoms with E-state index in [9.17, 15) is 0 Å². The van der Waals surface area contributed by atoms with Gasteiger partial charge in [0.05, 0.1) is 0 Å². The van der Waals surface area contributed by atoms with Gasteiger partial charge in [-0.05, 0) is 71.4 Å². The number of hydrogen-bond donors (Lipinski definition) is 2. The van der Waals surface area contributed by atoms with Crippen molar-refractivity contribution in [3.63, 3.8) is 0 Å². The van der Waals surface area contributed by atoms with Gasteiger partial charge >= 0.3 is 8.56 Å². The lowest BCUT2D eigenvalue weighted by Crippen LogP contribution is -2.52. The van der Waals surface area contributed by atoms with Crippen LogP contribution < -0.4 is 11.1 Å².